The van der Waals surface area contributed by atoms with E-state index in [9.17, 15) is 9.18 Å². The smallest absolute Gasteiger partial charge is 0.255 e. The van der Waals surface area contributed by atoms with Gasteiger partial charge in [-0.1, -0.05) is 19.3 Å². The molecule has 0 aliphatic carbocycles. The maximum Gasteiger partial charge on any atom is 0.255 e. The molecule has 0 bridgehead atoms. The minimum absolute atomic E-state index is 0.197. The topological polar surface area (TPSA) is 45.2 Å². The molecule has 1 fully saturated rings. The summed E-state index contributed by atoms with van der Waals surface area (Å²) in [5.74, 6) is -0.519. The van der Waals surface area contributed by atoms with Gasteiger partial charge in [0, 0.05) is 29.7 Å². The lowest BCUT2D eigenvalue weighted by atomic mass is 10.1. The highest BCUT2D eigenvalue weighted by Gasteiger charge is 2.11. The molecule has 0 saturated carbocycles. The molecule has 2 aromatic carbocycles. The summed E-state index contributed by atoms with van der Waals surface area (Å²) in [4.78, 5) is 19.3. The SMILES string of the molecule is O=C(Nc1cnc2ccc(F)cc2c1)c1ccc(N2CCCCCCC2)cc1. The van der Waals surface area contributed by atoms with Gasteiger partial charge >= 0.3 is 0 Å². The van der Waals surface area contributed by atoms with E-state index in [0.29, 0.717) is 22.2 Å². The van der Waals surface area contributed by atoms with Crippen molar-refractivity contribution in [1.29, 1.82) is 0 Å². The van der Waals surface area contributed by atoms with Crippen molar-refractivity contribution in [1.82, 2.24) is 4.98 Å². The van der Waals surface area contributed by atoms with Gasteiger partial charge in [-0.05, 0) is 61.4 Å². The molecule has 0 radical (unpaired) electrons. The molecule has 1 saturated heterocycles. The van der Waals surface area contributed by atoms with Crippen LogP contribution in [0.4, 0.5) is 15.8 Å². The predicted octanol–water partition coefficient (Wildman–Crippen LogP) is 5.40. The van der Waals surface area contributed by atoms with Gasteiger partial charge in [0.1, 0.15) is 5.82 Å². The van der Waals surface area contributed by atoms with E-state index in [1.165, 1.54) is 49.9 Å². The monoisotopic (exact) mass is 377 g/mol. The molecule has 144 valence electrons. The molecule has 1 aliphatic rings. The first-order chi connectivity index (χ1) is 13.7. The maximum absolute atomic E-state index is 13.4. The summed E-state index contributed by atoms with van der Waals surface area (Å²) in [5, 5.41) is 3.51. The first kappa shape index (κ1) is 18.4. The third kappa shape index (κ3) is 4.30. The van der Waals surface area contributed by atoms with E-state index in [4.69, 9.17) is 0 Å². The summed E-state index contributed by atoms with van der Waals surface area (Å²) >= 11 is 0. The van der Waals surface area contributed by atoms with Crippen LogP contribution in [0.5, 0.6) is 0 Å². The van der Waals surface area contributed by atoms with Crippen LogP contribution in [0, 0.1) is 5.82 Å². The number of amides is 1. The number of halogens is 1. The van der Waals surface area contributed by atoms with Crippen LogP contribution in [0.1, 0.15) is 42.5 Å². The third-order valence-electron chi connectivity index (χ3n) is 5.25. The molecular weight excluding hydrogens is 353 g/mol. The molecule has 3 aromatic rings. The third-order valence-corrected chi connectivity index (χ3v) is 5.25. The molecular formula is C23H24FN3O. The normalized spacial score (nSPS) is 15.1. The fraction of sp³-hybridized carbons (Fsp3) is 0.304. The number of rotatable bonds is 3. The number of nitrogens with zero attached hydrogens (tertiary/aromatic N) is 2. The number of fused-ring (bicyclic) bond motifs is 1. The van der Waals surface area contributed by atoms with Crippen molar-refractivity contribution in [3.63, 3.8) is 0 Å². The molecule has 1 aromatic heterocycles. The molecule has 2 heterocycles. The Morgan fingerprint density at radius 2 is 1.64 bits per heavy atom. The number of pyridine rings is 1. The molecule has 0 atom stereocenters. The highest BCUT2D eigenvalue weighted by Crippen LogP contribution is 2.21. The summed E-state index contributed by atoms with van der Waals surface area (Å²) < 4.78 is 13.4. The Labute approximate surface area is 164 Å². The van der Waals surface area contributed by atoms with Gasteiger partial charge in [-0.15, -0.1) is 0 Å². The quantitative estimate of drug-likeness (QED) is 0.665. The van der Waals surface area contributed by atoms with Crippen LogP contribution in [0.3, 0.4) is 0 Å². The molecule has 5 heteroatoms. The Morgan fingerprint density at radius 1 is 0.929 bits per heavy atom. The van der Waals surface area contributed by atoms with Gasteiger partial charge in [0.25, 0.3) is 5.91 Å². The standard InChI is InChI=1S/C23H24FN3O/c24-19-8-11-22-18(14-19)15-20(16-25-22)26-23(28)17-6-9-21(10-7-17)27-12-4-2-1-3-5-13-27/h6-11,14-16H,1-5,12-13H2,(H,26,28). The Bertz CT molecular complexity index is 963. The number of carbonyl (C=O) groups excluding carboxylic acids is 1. The van der Waals surface area contributed by atoms with E-state index in [1.807, 2.05) is 24.3 Å². The zero-order chi connectivity index (χ0) is 19.3. The molecule has 1 N–H and O–H groups in total. The number of nitrogens with one attached hydrogen (secondary N) is 1. The van der Waals surface area contributed by atoms with E-state index in [1.54, 1.807) is 18.3 Å². The van der Waals surface area contributed by atoms with Crippen molar-refractivity contribution in [2.24, 2.45) is 0 Å². The Balaban J connectivity index is 1.46. The van der Waals surface area contributed by atoms with Gasteiger partial charge in [-0.25, -0.2) is 4.39 Å². The summed E-state index contributed by atoms with van der Waals surface area (Å²) in [6.45, 7) is 2.15. The molecule has 4 nitrogen and oxygen atoms in total. The largest absolute Gasteiger partial charge is 0.372 e. The first-order valence-electron chi connectivity index (χ1n) is 9.91. The van der Waals surface area contributed by atoms with Crippen LogP contribution in [0.2, 0.25) is 0 Å². The minimum atomic E-state index is -0.322. The van der Waals surface area contributed by atoms with Crippen molar-refractivity contribution >= 4 is 28.2 Å². The first-order valence-corrected chi connectivity index (χ1v) is 9.91. The lowest BCUT2D eigenvalue weighted by Gasteiger charge is -2.27. The number of carbonyl (C=O) groups is 1. The lowest BCUT2D eigenvalue weighted by Crippen LogP contribution is -2.27. The van der Waals surface area contributed by atoms with Crippen molar-refractivity contribution in [2.45, 2.75) is 32.1 Å². The van der Waals surface area contributed by atoms with Crippen LogP contribution in [0.25, 0.3) is 10.9 Å². The molecule has 28 heavy (non-hydrogen) atoms. The van der Waals surface area contributed by atoms with E-state index in [2.05, 4.69) is 15.2 Å². The number of anilines is 2. The van der Waals surface area contributed by atoms with Gasteiger partial charge in [0.15, 0.2) is 0 Å². The van der Waals surface area contributed by atoms with E-state index >= 15 is 0 Å². The zero-order valence-electron chi connectivity index (χ0n) is 15.8. The van der Waals surface area contributed by atoms with Crippen LogP contribution in [0.15, 0.2) is 54.7 Å². The van der Waals surface area contributed by atoms with Gasteiger partial charge in [-0.2, -0.15) is 0 Å². The highest BCUT2D eigenvalue weighted by molar-refractivity contribution is 6.05. The molecule has 1 amide bonds. The average Bonchev–Trinajstić information content (AvgIpc) is 2.67. The molecule has 0 unspecified atom stereocenters. The number of benzene rings is 2. The fourth-order valence-electron chi connectivity index (χ4n) is 3.70. The van der Waals surface area contributed by atoms with Crippen LogP contribution >= 0.6 is 0 Å². The number of hydrogen-bond acceptors (Lipinski definition) is 3. The maximum atomic E-state index is 13.4. The molecule has 1 aliphatic heterocycles. The Hall–Kier alpha value is -2.95. The van der Waals surface area contributed by atoms with E-state index in [0.717, 1.165) is 13.1 Å². The minimum Gasteiger partial charge on any atom is -0.372 e. The van der Waals surface area contributed by atoms with E-state index in [-0.39, 0.29) is 11.7 Å². The summed E-state index contributed by atoms with van der Waals surface area (Å²) in [7, 11) is 0. The van der Waals surface area contributed by atoms with Gasteiger partial charge in [0.2, 0.25) is 0 Å². The molecule has 0 spiro atoms. The highest BCUT2D eigenvalue weighted by atomic mass is 19.1. The van der Waals surface area contributed by atoms with E-state index < -0.39 is 0 Å². The second-order valence-corrected chi connectivity index (χ2v) is 7.32. The van der Waals surface area contributed by atoms with Crippen LogP contribution < -0.4 is 10.2 Å². The zero-order valence-corrected chi connectivity index (χ0v) is 15.8. The Morgan fingerprint density at radius 3 is 2.39 bits per heavy atom. The lowest BCUT2D eigenvalue weighted by molar-refractivity contribution is 0.102. The number of hydrogen-bond donors (Lipinski definition) is 1. The second-order valence-electron chi connectivity index (χ2n) is 7.32. The van der Waals surface area contributed by atoms with Crippen LogP contribution in [-0.4, -0.2) is 24.0 Å². The van der Waals surface area contributed by atoms with Gasteiger partial charge in [-0.3, -0.25) is 9.78 Å². The number of aromatic nitrogens is 1. The van der Waals surface area contributed by atoms with Gasteiger partial charge < -0.3 is 10.2 Å². The fourth-order valence-corrected chi connectivity index (χ4v) is 3.70. The van der Waals surface area contributed by atoms with Crippen LogP contribution in [-0.2, 0) is 0 Å². The Kier molecular flexibility index (Phi) is 5.51. The van der Waals surface area contributed by atoms with Crippen molar-refractivity contribution < 1.29 is 9.18 Å². The van der Waals surface area contributed by atoms with Crippen molar-refractivity contribution in [3.8, 4) is 0 Å². The van der Waals surface area contributed by atoms with Gasteiger partial charge in [0.05, 0.1) is 17.4 Å². The van der Waals surface area contributed by atoms with Crippen molar-refractivity contribution in [2.75, 3.05) is 23.3 Å². The summed E-state index contributed by atoms with van der Waals surface area (Å²) in [5.41, 5.74) is 3.00. The predicted molar refractivity (Wildman–Crippen MR) is 111 cm³/mol. The summed E-state index contributed by atoms with van der Waals surface area (Å²) in [6.07, 6.45) is 7.95. The molecule has 4 rings (SSSR count). The summed E-state index contributed by atoms with van der Waals surface area (Å²) in [6, 6.07) is 13.9. The van der Waals surface area contributed by atoms with Crippen molar-refractivity contribution in [3.05, 3.63) is 66.1 Å². The average molecular weight is 377 g/mol. The second kappa shape index (κ2) is 8.38.